The van der Waals surface area contributed by atoms with Crippen LogP contribution in [0.15, 0.2) is 12.1 Å². The maximum atomic E-state index is 11.5. The Labute approximate surface area is 105 Å². The van der Waals surface area contributed by atoms with Crippen molar-refractivity contribution in [1.82, 2.24) is 5.32 Å². The van der Waals surface area contributed by atoms with Crippen LogP contribution in [0.25, 0.3) is 0 Å². The minimum atomic E-state index is -0.232. The lowest BCUT2D eigenvalue weighted by atomic mass is 10.1. The van der Waals surface area contributed by atoms with E-state index in [1.165, 1.54) is 0 Å². The van der Waals surface area contributed by atoms with Gasteiger partial charge in [-0.1, -0.05) is 11.6 Å². The molecule has 1 aromatic rings. The second-order valence-corrected chi connectivity index (χ2v) is 3.93. The Balaban J connectivity index is 2.87. The minimum Gasteiger partial charge on any atom is -0.496 e. The number of rotatable bonds is 4. The highest BCUT2D eigenvalue weighted by Crippen LogP contribution is 2.26. The van der Waals surface area contributed by atoms with E-state index in [2.05, 4.69) is 5.32 Å². The molecule has 1 rings (SSSR count). The van der Waals surface area contributed by atoms with Crippen LogP contribution in [0.3, 0.4) is 0 Å². The van der Waals surface area contributed by atoms with Crippen molar-refractivity contribution in [2.24, 2.45) is 0 Å². The summed E-state index contributed by atoms with van der Waals surface area (Å²) in [5, 5.41) is 11.4. The largest absolute Gasteiger partial charge is 0.496 e. The molecule has 0 aliphatic carbocycles. The zero-order chi connectivity index (χ0) is 12.8. The van der Waals surface area contributed by atoms with Crippen molar-refractivity contribution >= 4 is 17.5 Å². The highest BCUT2D eigenvalue weighted by Gasteiger charge is 2.10. The van der Waals surface area contributed by atoms with Crippen LogP contribution in [0, 0.1) is 18.3 Å². The number of ether oxygens (including phenoxy) is 1. The Morgan fingerprint density at radius 3 is 2.88 bits per heavy atom. The molecule has 1 aromatic carbocycles. The summed E-state index contributed by atoms with van der Waals surface area (Å²) in [6.07, 6.45) is 0.144. The number of benzene rings is 1. The summed E-state index contributed by atoms with van der Waals surface area (Å²) >= 11 is 5.99. The van der Waals surface area contributed by atoms with Gasteiger partial charge in [0.25, 0.3) is 0 Å². The molecule has 1 N–H and O–H groups in total. The number of nitrogens with one attached hydrogen (secondary N) is 1. The van der Waals surface area contributed by atoms with E-state index in [1.54, 1.807) is 19.2 Å². The number of hydrogen-bond donors (Lipinski definition) is 1. The molecule has 17 heavy (non-hydrogen) atoms. The predicted molar refractivity (Wildman–Crippen MR) is 65.1 cm³/mol. The van der Waals surface area contributed by atoms with E-state index in [9.17, 15) is 4.79 Å². The van der Waals surface area contributed by atoms with Gasteiger partial charge in [0.05, 0.1) is 19.6 Å². The average Bonchev–Trinajstić information content (AvgIpc) is 2.31. The molecule has 0 radical (unpaired) electrons. The molecule has 4 nitrogen and oxygen atoms in total. The normalized spacial score (nSPS) is 9.53. The molecule has 0 saturated heterocycles. The van der Waals surface area contributed by atoms with Crippen molar-refractivity contribution in [2.45, 2.75) is 13.3 Å². The summed E-state index contributed by atoms with van der Waals surface area (Å²) in [5.74, 6) is 0.392. The summed E-state index contributed by atoms with van der Waals surface area (Å²) in [4.78, 5) is 11.5. The van der Waals surface area contributed by atoms with E-state index in [4.69, 9.17) is 21.6 Å². The molecule has 0 aliphatic rings. The Morgan fingerprint density at radius 1 is 1.59 bits per heavy atom. The molecule has 5 heteroatoms. The second kappa shape index (κ2) is 6.12. The van der Waals surface area contributed by atoms with E-state index in [-0.39, 0.29) is 18.9 Å². The minimum absolute atomic E-state index is 0.000736. The van der Waals surface area contributed by atoms with Crippen LogP contribution in [0.4, 0.5) is 0 Å². The number of halogens is 1. The standard InChI is InChI=1S/C12H13ClN2O2/c1-8-5-11(17-2)9(6-10(8)13)7-12(16)15-4-3-14/h5-6H,4,7H2,1-2H3,(H,15,16). The Kier molecular flexibility index (Phi) is 4.80. The summed E-state index contributed by atoms with van der Waals surface area (Å²) < 4.78 is 5.18. The molecular formula is C12H13ClN2O2. The van der Waals surface area contributed by atoms with Crippen molar-refractivity contribution in [1.29, 1.82) is 5.26 Å². The van der Waals surface area contributed by atoms with E-state index in [1.807, 2.05) is 13.0 Å². The van der Waals surface area contributed by atoms with Crippen LogP contribution in [0.2, 0.25) is 5.02 Å². The lowest BCUT2D eigenvalue weighted by Gasteiger charge is -2.10. The third-order valence-corrected chi connectivity index (χ3v) is 2.68. The molecule has 90 valence electrons. The molecule has 0 bridgehead atoms. The number of nitrogens with zero attached hydrogens (tertiary/aromatic N) is 1. The van der Waals surface area contributed by atoms with Crippen molar-refractivity contribution in [3.8, 4) is 11.8 Å². The predicted octanol–water partition coefficient (Wildman–Crippen LogP) is 1.84. The Morgan fingerprint density at radius 2 is 2.29 bits per heavy atom. The Bertz CT molecular complexity index is 466. The molecule has 0 aromatic heterocycles. The van der Waals surface area contributed by atoms with Crippen LogP contribution in [0.1, 0.15) is 11.1 Å². The van der Waals surface area contributed by atoms with Gasteiger partial charge in [0.1, 0.15) is 12.3 Å². The van der Waals surface area contributed by atoms with Crippen molar-refractivity contribution < 1.29 is 9.53 Å². The summed E-state index contributed by atoms with van der Waals surface area (Å²) in [7, 11) is 1.54. The van der Waals surface area contributed by atoms with Gasteiger partial charge in [-0.2, -0.15) is 5.26 Å². The lowest BCUT2D eigenvalue weighted by Crippen LogP contribution is -2.25. The molecule has 0 saturated carbocycles. The van der Waals surface area contributed by atoms with Gasteiger partial charge in [-0.25, -0.2) is 0 Å². The molecule has 0 atom stereocenters. The molecule has 0 aliphatic heterocycles. The van der Waals surface area contributed by atoms with Gasteiger partial charge in [-0.3, -0.25) is 4.79 Å². The molecule has 0 spiro atoms. The lowest BCUT2D eigenvalue weighted by molar-refractivity contribution is -0.120. The van der Waals surface area contributed by atoms with Crippen LogP contribution >= 0.6 is 11.6 Å². The quantitative estimate of drug-likeness (QED) is 0.832. The fraction of sp³-hybridized carbons (Fsp3) is 0.333. The molecule has 0 heterocycles. The van der Waals surface area contributed by atoms with Crippen molar-refractivity contribution in [3.63, 3.8) is 0 Å². The maximum Gasteiger partial charge on any atom is 0.225 e. The van der Waals surface area contributed by atoms with E-state index >= 15 is 0 Å². The monoisotopic (exact) mass is 252 g/mol. The highest BCUT2D eigenvalue weighted by molar-refractivity contribution is 6.31. The molecule has 1 amide bonds. The van der Waals surface area contributed by atoms with Crippen LogP contribution in [-0.2, 0) is 11.2 Å². The van der Waals surface area contributed by atoms with Gasteiger partial charge in [-0.05, 0) is 24.6 Å². The number of hydrogen-bond acceptors (Lipinski definition) is 3. The van der Waals surface area contributed by atoms with Crippen LogP contribution in [0.5, 0.6) is 5.75 Å². The van der Waals surface area contributed by atoms with Crippen molar-refractivity contribution in [3.05, 3.63) is 28.3 Å². The van der Waals surface area contributed by atoms with Gasteiger partial charge >= 0.3 is 0 Å². The van der Waals surface area contributed by atoms with Crippen LogP contribution < -0.4 is 10.1 Å². The zero-order valence-electron chi connectivity index (χ0n) is 9.71. The number of amides is 1. The summed E-state index contributed by atoms with van der Waals surface area (Å²) in [6, 6.07) is 5.34. The van der Waals surface area contributed by atoms with Gasteiger partial charge in [0.15, 0.2) is 0 Å². The van der Waals surface area contributed by atoms with E-state index in [0.29, 0.717) is 16.3 Å². The van der Waals surface area contributed by atoms with Gasteiger partial charge in [-0.15, -0.1) is 0 Å². The third kappa shape index (κ3) is 3.65. The van der Waals surface area contributed by atoms with E-state index in [0.717, 1.165) is 5.56 Å². The number of carbonyl (C=O) groups excluding carboxylic acids is 1. The van der Waals surface area contributed by atoms with E-state index < -0.39 is 0 Å². The first-order chi connectivity index (χ1) is 8.08. The molecule has 0 fully saturated rings. The zero-order valence-corrected chi connectivity index (χ0v) is 10.5. The maximum absolute atomic E-state index is 11.5. The van der Waals surface area contributed by atoms with Crippen molar-refractivity contribution in [2.75, 3.05) is 13.7 Å². The SMILES string of the molecule is COc1cc(C)c(Cl)cc1CC(=O)NCC#N. The molecule has 0 unspecified atom stereocenters. The fourth-order valence-corrected chi connectivity index (χ4v) is 1.58. The Hall–Kier alpha value is -1.73. The number of carbonyl (C=O) groups is 1. The summed E-state index contributed by atoms with van der Waals surface area (Å²) in [6.45, 7) is 1.87. The topological polar surface area (TPSA) is 62.1 Å². The smallest absolute Gasteiger partial charge is 0.225 e. The second-order valence-electron chi connectivity index (χ2n) is 3.52. The first-order valence-electron chi connectivity index (χ1n) is 5.05. The number of aryl methyl sites for hydroxylation is 1. The fourth-order valence-electron chi connectivity index (χ4n) is 1.40. The average molecular weight is 253 g/mol. The first-order valence-corrected chi connectivity index (χ1v) is 5.43. The number of nitriles is 1. The summed E-state index contributed by atoms with van der Waals surface area (Å²) in [5.41, 5.74) is 1.60. The number of methoxy groups -OCH3 is 1. The van der Waals surface area contributed by atoms with Gasteiger partial charge in [0.2, 0.25) is 5.91 Å². The third-order valence-electron chi connectivity index (χ3n) is 2.28. The molecular weight excluding hydrogens is 240 g/mol. The highest BCUT2D eigenvalue weighted by atomic mass is 35.5. The van der Waals surface area contributed by atoms with Crippen LogP contribution in [-0.4, -0.2) is 19.6 Å². The van der Waals surface area contributed by atoms with Gasteiger partial charge in [0, 0.05) is 10.6 Å². The first kappa shape index (κ1) is 13.3. The van der Waals surface area contributed by atoms with Gasteiger partial charge < -0.3 is 10.1 Å².